The van der Waals surface area contributed by atoms with Crippen molar-refractivity contribution in [2.45, 2.75) is 31.4 Å². The molecular weight excluding hydrogens is 388 g/mol. The van der Waals surface area contributed by atoms with Crippen molar-refractivity contribution in [3.05, 3.63) is 66.1 Å². The summed E-state index contributed by atoms with van der Waals surface area (Å²) in [6.45, 7) is 3.54. The fourth-order valence-electron chi connectivity index (χ4n) is 2.74. The minimum atomic E-state index is -0.202. The van der Waals surface area contributed by atoms with E-state index in [0.29, 0.717) is 28.9 Å². The lowest BCUT2D eigenvalue weighted by Crippen LogP contribution is -2.14. The summed E-state index contributed by atoms with van der Waals surface area (Å²) in [6, 6.07) is 17.1. The fraction of sp³-hybridized carbons (Fsp3) is 0.238. The summed E-state index contributed by atoms with van der Waals surface area (Å²) in [7, 11) is 0. The Morgan fingerprint density at radius 2 is 1.76 bits per heavy atom. The Morgan fingerprint density at radius 3 is 2.48 bits per heavy atom. The van der Waals surface area contributed by atoms with Gasteiger partial charge in [-0.3, -0.25) is 9.59 Å². The zero-order valence-corrected chi connectivity index (χ0v) is 17.0. The van der Waals surface area contributed by atoms with Gasteiger partial charge in [-0.25, -0.2) is 0 Å². The average molecular weight is 410 g/mol. The SMILES string of the molecule is CC(=O)Nc1cccc(NC(=O)CSc2nnc(CC(C)c3ccccc3)o2)c1. The second kappa shape index (κ2) is 9.88. The van der Waals surface area contributed by atoms with Crippen molar-refractivity contribution < 1.29 is 14.0 Å². The van der Waals surface area contributed by atoms with Crippen LogP contribution >= 0.6 is 11.8 Å². The highest BCUT2D eigenvalue weighted by molar-refractivity contribution is 7.99. The smallest absolute Gasteiger partial charge is 0.277 e. The molecule has 0 aliphatic carbocycles. The topological polar surface area (TPSA) is 97.1 Å². The summed E-state index contributed by atoms with van der Waals surface area (Å²) < 4.78 is 5.65. The maximum absolute atomic E-state index is 12.2. The van der Waals surface area contributed by atoms with E-state index in [2.05, 4.69) is 39.9 Å². The van der Waals surface area contributed by atoms with E-state index in [1.165, 1.54) is 24.2 Å². The number of nitrogens with zero attached hydrogens (tertiary/aromatic N) is 2. The first-order valence-corrected chi connectivity index (χ1v) is 10.2. The average Bonchev–Trinajstić information content (AvgIpc) is 3.14. The van der Waals surface area contributed by atoms with Crippen molar-refractivity contribution in [2.24, 2.45) is 0 Å². The monoisotopic (exact) mass is 410 g/mol. The molecule has 0 bridgehead atoms. The van der Waals surface area contributed by atoms with Gasteiger partial charge >= 0.3 is 0 Å². The molecule has 7 nitrogen and oxygen atoms in total. The number of carbonyl (C=O) groups excluding carboxylic acids is 2. The van der Waals surface area contributed by atoms with Crippen LogP contribution in [-0.4, -0.2) is 27.8 Å². The number of thioether (sulfide) groups is 1. The van der Waals surface area contributed by atoms with Gasteiger partial charge in [-0.05, 0) is 29.7 Å². The van der Waals surface area contributed by atoms with Crippen molar-refractivity contribution in [1.29, 1.82) is 0 Å². The van der Waals surface area contributed by atoms with Gasteiger partial charge in [-0.1, -0.05) is 55.1 Å². The van der Waals surface area contributed by atoms with Crippen molar-refractivity contribution in [2.75, 3.05) is 16.4 Å². The zero-order valence-electron chi connectivity index (χ0n) is 16.2. The van der Waals surface area contributed by atoms with Gasteiger partial charge in [0.15, 0.2) is 0 Å². The number of amides is 2. The van der Waals surface area contributed by atoms with E-state index >= 15 is 0 Å². The summed E-state index contributed by atoms with van der Waals surface area (Å²) >= 11 is 1.18. The minimum absolute atomic E-state index is 0.139. The molecule has 1 atom stereocenters. The molecule has 3 aromatic rings. The number of hydrogen-bond acceptors (Lipinski definition) is 6. The maximum Gasteiger partial charge on any atom is 0.277 e. The fourth-order valence-corrected chi connectivity index (χ4v) is 3.32. The first-order valence-electron chi connectivity index (χ1n) is 9.17. The van der Waals surface area contributed by atoms with Crippen LogP contribution in [0.15, 0.2) is 64.2 Å². The van der Waals surface area contributed by atoms with Gasteiger partial charge in [0.2, 0.25) is 17.7 Å². The summed E-state index contributed by atoms with van der Waals surface area (Å²) in [4.78, 5) is 23.3. The van der Waals surface area contributed by atoms with Crippen molar-refractivity contribution in [3.8, 4) is 0 Å². The van der Waals surface area contributed by atoms with Crippen LogP contribution in [0, 0.1) is 0 Å². The Bertz CT molecular complexity index is 975. The Hall–Kier alpha value is -3.13. The Labute approximate surface area is 173 Å². The summed E-state index contributed by atoms with van der Waals surface area (Å²) in [6.07, 6.45) is 0.639. The van der Waals surface area contributed by atoms with Crippen LogP contribution < -0.4 is 10.6 Å². The van der Waals surface area contributed by atoms with Gasteiger partial charge in [0.05, 0.1) is 5.75 Å². The minimum Gasteiger partial charge on any atom is -0.416 e. The quantitative estimate of drug-likeness (QED) is 0.543. The lowest BCUT2D eigenvalue weighted by Gasteiger charge is -2.08. The molecule has 1 heterocycles. The highest BCUT2D eigenvalue weighted by atomic mass is 32.2. The Kier molecular flexibility index (Phi) is 7.02. The van der Waals surface area contributed by atoms with Crippen LogP contribution in [0.25, 0.3) is 0 Å². The molecule has 8 heteroatoms. The normalized spacial score (nSPS) is 11.7. The molecule has 0 saturated carbocycles. The lowest BCUT2D eigenvalue weighted by atomic mass is 9.98. The third kappa shape index (κ3) is 6.46. The van der Waals surface area contributed by atoms with Gasteiger partial charge < -0.3 is 15.1 Å². The molecule has 150 valence electrons. The highest BCUT2D eigenvalue weighted by Crippen LogP contribution is 2.23. The Morgan fingerprint density at radius 1 is 1.03 bits per heavy atom. The molecule has 29 heavy (non-hydrogen) atoms. The molecular formula is C21H22N4O3S. The molecule has 1 aromatic heterocycles. The van der Waals surface area contributed by atoms with E-state index in [0.717, 1.165) is 0 Å². The van der Waals surface area contributed by atoms with Crippen molar-refractivity contribution in [3.63, 3.8) is 0 Å². The molecule has 0 radical (unpaired) electrons. The van der Waals surface area contributed by atoms with E-state index in [-0.39, 0.29) is 23.5 Å². The lowest BCUT2D eigenvalue weighted by molar-refractivity contribution is -0.114. The Balaban J connectivity index is 1.49. The second-order valence-corrected chi connectivity index (χ2v) is 7.50. The van der Waals surface area contributed by atoms with Gasteiger partial charge in [-0.15, -0.1) is 10.2 Å². The first kappa shape index (κ1) is 20.6. The first-order chi connectivity index (χ1) is 14.0. The van der Waals surface area contributed by atoms with E-state index in [4.69, 9.17) is 4.42 Å². The number of anilines is 2. The number of hydrogen-bond donors (Lipinski definition) is 2. The number of rotatable bonds is 8. The number of nitrogens with one attached hydrogen (secondary N) is 2. The van der Waals surface area contributed by atoms with E-state index in [1.807, 2.05) is 18.2 Å². The van der Waals surface area contributed by atoms with Crippen LogP contribution in [0.4, 0.5) is 11.4 Å². The van der Waals surface area contributed by atoms with E-state index in [9.17, 15) is 9.59 Å². The molecule has 1 unspecified atom stereocenters. The highest BCUT2D eigenvalue weighted by Gasteiger charge is 2.14. The largest absolute Gasteiger partial charge is 0.416 e. The molecule has 0 spiro atoms. The van der Waals surface area contributed by atoms with Crippen molar-refractivity contribution in [1.82, 2.24) is 10.2 Å². The van der Waals surface area contributed by atoms with Crippen molar-refractivity contribution >= 4 is 35.0 Å². The molecule has 2 aromatic carbocycles. The number of aromatic nitrogens is 2. The van der Waals surface area contributed by atoms with Gasteiger partial charge in [0.25, 0.3) is 5.22 Å². The third-order valence-corrected chi connectivity index (χ3v) is 4.91. The molecule has 3 rings (SSSR count). The second-order valence-electron chi connectivity index (χ2n) is 6.58. The molecule has 0 fully saturated rings. The molecule has 0 aliphatic rings. The predicted molar refractivity (Wildman–Crippen MR) is 113 cm³/mol. The summed E-state index contributed by atoms with van der Waals surface area (Å²) in [5, 5.41) is 13.9. The maximum atomic E-state index is 12.2. The zero-order chi connectivity index (χ0) is 20.6. The van der Waals surface area contributed by atoms with Crippen LogP contribution in [0.3, 0.4) is 0 Å². The van der Waals surface area contributed by atoms with Crippen LogP contribution in [0.2, 0.25) is 0 Å². The standard InChI is InChI=1S/C21H22N4O3S/c1-14(16-7-4-3-5-8-16)11-20-24-25-21(28-20)29-13-19(27)23-18-10-6-9-17(12-18)22-15(2)26/h3-10,12,14H,11,13H2,1-2H3,(H,22,26)(H,23,27). The van der Waals surface area contributed by atoms with Gasteiger partial charge in [0.1, 0.15) is 0 Å². The third-order valence-electron chi connectivity index (χ3n) is 4.09. The van der Waals surface area contributed by atoms with Crippen LogP contribution in [0.5, 0.6) is 0 Å². The molecule has 0 saturated heterocycles. The number of benzene rings is 2. The number of carbonyl (C=O) groups is 2. The van der Waals surface area contributed by atoms with Gasteiger partial charge in [-0.2, -0.15) is 0 Å². The van der Waals surface area contributed by atoms with E-state index < -0.39 is 0 Å². The predicted octanol–water partition coefficient (Wildman–Crippen LogP) is 4.11. The summed E-state index contributed by atoms with van der Waals surface area (Å²) in [5.74, 6) is 0.575. The molecule has 2 N–H and O–H groups in total. The van der Waals surface area contributed by atoms with Crippen LogP contribution in [-0.2, 0) is 16.0 Å². The van der Waals surface area contributed by atoms with Crippen LogP contribution in [0.1, 0.15) is 31.2 Å². The molecule has 0 aliphatic heterocycles. The van der Waals surface area contributed by atoms with Gasteiger partial charge in [0, 0.05) is 24.7 Å². The molecule has 2 amide bonds. The van der Waals surface area contributed by atoms with E-state index in [1.54, 1.807) is 24.3 Å². The summed E-state index contributed by atoms with van der Waals surface area (Å²) in [5.41, 5.74) is 2.43.